The second-order valence-corrected chi connectivity index (χ2v) is 6.94. The molecule has 0 aliphatic carbocycles. The summed E-state index contributed by atoms with van der Waals surface area (Å²) in [6, 6.07) is 12.8. The van der Waals surface area contributed by atoms with Crippen molar-refractivity contribution in [2.75, 3.05) is 0 Å². The zero-order valence-corrected chi connectivity index (χ0v) is 12.3. The Bertz CT molecular complexity index is 807. The van der Waals surface area contributed by atoms with Crippen LogP contribution in [0, 0.1) is 24.1 Å². The smallest absolute Gasteiger partial charge is 0.158 e. The fraction of sp³-hybridized carbons (Fsp3) is 0.188. The quantitative estimate of drug-likeness (QED) is 0.872. The topological polar surface area (TPSA) is 57.9 Å². The molecular formula is C16H14FNO2S. The molecule has 0 bridgehead atoms. The summed E-state index contributed by atoms with van der Waals surface area (Å²) in [5, 5.41) is 8.80. The molecule has 0 heterocycles. The summed E-state index contributed by atoms with van der Waals surface area (Å²) in [4.78, 5) is 0. The standard InChI is InChI=1S/C16H14FNO2S/c1-12-4-2-3-5-14(12)10-21(19,20)11-15-8-13(9-18)6-7-16(15)17/h2-8H,10-11H2,1H3. The molecule has 2 rings (SSSR count). The third-order valence-corrected chi connectivity index (χ3v) is 4.69. The fourth-order valence-corrected chi connectivity index (χ4v) is 3.65. The number of nitriles is 1. The van der Waals surface area contributed by atoms with Crippen LogP contribution in [0.2, 0.25) is 0 Å². The minimum Gasteiger partial charge on any atom is -0.228 e. The van der Waals surface area contributed by atoms with Gasteiger partial charge in [0.25, 0.3) is 0 Å². The summed E-state index contributed by atoms with van der Waals surface area (Å²) in [6.45, 7) is 1.84. The highest BCUT2D eigenvalue weighted by atomic mass is 32.2. The Morgan fingerprint density at radius 3 is 2.43 bits per heavy atom. The summed E-state index contributed by atoms with van der Waals surface area (Å²) in [7, 11) is -3.51. The van der Waals surface area contributed by atoms with Gasteiger partial charge in [0.1, 0.15) is 5.82 Å². The van der Waals surface area contributed by atoms with E-state index in [0.29, 0.717) is 5.56 Å². The molecule has 0 spiro atoms. The van der Waals surface area contributed by atoms with E-state index in [1.54, 1.807) is 12.1 Å². The Kier molecular flexibility index (Phi) is 4.39. The first-order valence-electron chi connectivity index (χ1n) is 6.35. The Morgan fingerprint density at radius 1 is 1.10 bits per heavy atom. The van der Waals surface area contributed by atoms with E-state index < -0.39 is 21.4 Å². The number of rotatable bonds is 4. The summed E-state index contributed by atoms with van der Waals surface area (Å²) >= 11 is 0. The lowest BCUT2D eigenvalue weighted by atomic mass is 10.1. The Morgan fingerprint density at radius 2 is 1.76 bits per heavy atom. The lowest BCUT2D eigenvalue weighted by Crippen LogP contribution is -2.10. The van der Waals surface area contributed by atoms with E-state index >= 15 is 0 Å². The van der Waals surface area contributed by atoms with Crippen molar-refractivity contribution in [1.29, 1.82) is 5.26 Å². The zero-order chi connectivity index (χ0) is 15.5. The minimum absolute atomic E-state index is 0.0302. The molecule has 3 nitrogen and oxygen atoms in total. The van der Waals surface area contributed by atoms with Gasteiger partial charge in [-0.05, 0) is 36.2 Å². The van der Waals surface area contributed by atoms with Gasteiger partial charge in [0, 0.05) is 5.56 Å². The van der Waals surface area contributed by atoms with Gasteiger partial charge in [-0.1, -0.05) is 24.3 Å². The number of sulfone groups is 1. The van der Waals surface area contributed by atoms with Crippen molar-refractivity contribution in [2.45, 2.75) is 18.4 Å². The van der Waals surface area contributed by atoms with E-state index in [1.807, 2.05) is 25.1 Å². The SMILES string of the molecule is Cc1ccccc1CS(=O)(=O)Cc1cc(C#N)ccc1F. The third-order valence-electron chi connectivity index (χ3n) is 3.19. The molecule has 5 heteroatoms. The van der Waals surface area contributed by atoms with E-state index in [0.717, 1.165) is 11.6 Å². The van der Waals surface area contributed by atoms with Crippen molar-refractivity contribution < 1.29 is 12.8 Å². The largest absolute Gasteiger partial charge is 0.228 e. The molecule has 0 unspecified atom stereocenters. The maximum Gasteiger partial charge on any atom is 0.158 e. The van der Waals surface area contributed by atoms with Gasteiger partial charge >= 0.3 is 0 Å². The van der Waals surface area contributed by atoms with Crippen LogP contribution in [0.15, 0.2) is 42.5 Å². The van der Waals surface area contributed by atoms with Gasteiger partial charge in [0.05, 0.1) is 23.1 Å². The van der Waals surface area contributed by atoms with Crippen molar-refractivity contribution in [2.24, 2.45) is 0 Å². The lowest BCUT2D eigenvalue weighted by Gasteiger charge is -2.08. The van der Waals surface area contributed by atoms with Crippen LogP contribution in [-0.4, -0.2) is 8.42 Å². The molecule has 0 aliphatic rings. The first-order valence-corrected chi connectivity index (χ1v) is 8.17. The minimum atomic E-state index is -3.51. The highest BCUT2D eigenvalue weighted by Crippen LogP contribution is 2.18. The lowest BCUT2D eigenvalue weighted by molar-refractivity contribution is 0.586. The van der Waals surface area contributed by atoms with Gasteiger partial charge in [-0.2, -0.15) is 5.26 Å². The Hall–Kier alpha value is -2.19. The highest BCUT2D eigenvalue weighted by molar-refractivity contribution is 7.89. The maximum absolute atomic E-state index is 13.7. The molecule has 0 saturated heterocycles. The molecule has 0 saturated carbocycles. The Labute approximate surface area is 123 Å². The molecule has 0 radical (unpaired) electrons. The molecule has 0 aliphatic heterocycles. The van der Waals surface area contributed by atoms with Crippen LogP contribution in [0.25, 0.3) is 0 Å². The first kappa shape index (κ1) is 15.2. The van der Waals surface area contributed by atoms with Crippen LogP contribution in [0.5, 0.6) is 0 Å². The van der Waals surface area contributed by atoms with Gasteiger partial charge in [-0.3, -0.25) is 0 Å². The van der Waals surface area contributed by atoms with E-state index in [1.165, 1.54) is 12.1 Å². The van der Waals surface area contributed by atoms with Crippen LogP contribution >= 0.6 is 0 Å². The molecule has 0 fully saturated rings. The van der Waals surface area contributed by atoms with Gasteiger partial charge < -0.3 is 0 Å². The molecule has 0 aromatic heterocycles. The normalized spacial score (nSPS) is 11.1. The van der Waals surface area contributed by atoms with Crippen molar-refractivity contribution in [1.82, 2.24) is 0 Å². The molecule has 0 atom stereocenters. The fourth-order valence-electron chi connectivity index (χ4n) is 2.05. The molecular weight excluding hydrogens is 289 g/mol. The van der Waals surface area contributed by atoms with Crippen LogP contribution in [0.4, 0.5) is 4.39 Å². The number of benzene rings is 2. The van der Waals surface area contributed by atoms with Crippen LogP contribution in [-0.2, 0) is 21.3 Å². The van der Waals surface area contributed by atoms with Crippen molar-refractivity contribution >= 4 is 9.84 Å². The van der Waals surface area contributed by atoms with Gasteiger partial charge in [0.2, 0.25) is 0 Å². The number of hydrogen-bond acceptors (Lipinski definition) is 3. The average molecular weight is 303 g/mol. The number of nitrogens with zero attached hydrogens (tertiary/aromatic N) is 1. The predicted octanol–water partition coefficient (Wildman–Crippen LogP) is 3.12. The third kappa shape index (κ3) is 3.89. The summed E-state index contributed by atoms with van der Waals surface area (Å²) in [5.41, 5.74) is 1.86. The second kappa shape index (κ2) is 6.06. The van der Waals surface area contributed by atoms with E-state index in [4.69, 9.17) is 5.26 Å². The van der Waals surface area contributed by atoms with Crippen molar-refractivity contribution in [3.8, 4) is 6.07 Å². The van der Waals surface area contributed by atoms with E-state index in [2.05, 4.69) is 0 Å². The molecule has 2 aromatic rings. The van der Waals surface area contributed by atoms with Crippen molar-refractivity contribution in [3.05, 3.63) is 70.5 Å². The van der Waals surface area contributed by atoms with Crippen molar-refractivity contribution in [3.63, 3.8) is 0 Å². The van der Waals surface area contributed by atoms with Gasteiger partial charge in [0.15, 0.2) is 9.84 Å². The van der Waals surface area contributed by atoms with Gasteiger partial charge in [-0.25, -0.2) is 12.8 Å². The molecule has 0 amide bonds. The molecule has 21 heavy (non-hydrogen) atoms. The first-order chi connectivity index (χ1) is 9.91. The Balaban J connectivity index is 2.26. The summed E-state index contributed by atoms with van der Waals surface area (Å²) < 4.78 is 38.1. The number of aryl methyl sites for hydroxylation is 1. The van der Waals surface area contributed by atoms with E-state index in [-0.39, 0.29) is 16.9 Å². The monoisotopic (exact) mass is 303 g/mol. The number of halogens is 1. The van der Waals surface area contributed by atoms with E-state index in [9.17, 15) is 12.8 Å². The molecule has 0 N–H and O–H groups in total. The second-order valence-electron chi connectivity index (χ2n) is 4.88. The number of hydrogen-bond donors (Lipinski definition) is 0. The molecule has 108 valence electrons. The van der Waals surface area contributed by atoms with Crippen LogP contribution in [0.3, 0.4) is 0 Å². The van der Waals surface area contributed by atoms with Crippen LogP contribution < -0.4 is 0 Å². The van der Waals surface area contributed by atoms with Gasteiger partial charge in [-0.15, -0.1) is 0 Å². The predicted molar refractivity (Wildman–Crippen MR) is 78.6 cm³/mol. The highest BCUT2D eigenvalue weighted by Gasteiger charge is 2.17. The molecule has 2 aromatic carbocycles. The summed E-state index contributed by atoms with van der Waals surface area (Å²) in [6.07, 6.45) is 0. The summed E-state index contributed by atoms with van der Waals surface area (Å²) in [5.74, 6) is -1.17. The van der Waals surface area contributed by atoms with Crippen LogP contribution in [0.1, 0.15) is 22.3 Å². The maximum atomic E-state index is 13.7. The average Bonchev–Trinajstić information content (AvgIpc) is 2.43. The zero-order valence-electron chi connectivity index (χ0n) is 11.5.